The summed E-state index contributed by atoms with van der Waals surface area (Å²) in [5.74, 6) is -0.101. The molecule has 178 valence electrons. The number of carboxylic acid groups (broad SMARTS) is 1. The van der Waals surface area contributed by atoms with Gasteiger partial charge in [-0.1, -0.05) is 51.1 Å². The zero-order valence-electron chi connectivity index (χ0n) is 20.2. The summed E-state index contributed by atoms with van der Waals surface area (Å²) in [6, 6.07) is 17.9. The van der Waals surface area contributed by atoms with Crippen LogP contribution in [0.2, 0.25) is 0 Å². The zero-order valence-corrected chi connectivity index (χ0v) is 20.2. The van der Waals surface area contributed by atoms with E-state index >= 15 is 0 Å². The van der Waals surface area contributed by atoms with Crippen LogP contribution in [0, 0.1) is 5.41 Å². The highest BCUT2D eigenvalue weighted by atomic mass is 16.4. The first-order valence-corrected chi connectivity index (χ1v) is 11.6. The normalized spacial score (nSPS) is 17.1. The number of para-hydroxylation sites is 1. The number of nitrogens with zero attached hydrogens (tertiary/aromatic N) is 3. The molecule has 7 heteroatoms. The largest absolute Gasteiger partial charge is 0.465 e. The summed E-state index contributed by atoms with van der Waals surface area (Å²) in [7, 11) is 0. The lowest BCUT2D eigenvalue weighted by Gasteiger charge is -2.46. The van der Waals surface area contributed by atoms with E-state index in [1.165, 1.54) is 12.5 Å². The number of hydrogen-bond donors (Lipinski definition) is 2. The highest BCUT2D eigenvalue weighted by Crippen LogP contribution is 2.31. The molecule has 1 unspecified atom stereocenters. The van der Waals surface area contributed by atoms with E-state index in [4.69, 9.17) is 4.98 Å². The molecule has 1 atom stereocenters. The van der Waals surface area contributed by atoms with Crippen molar-refractivity contribution in [3.8, 4) is 11.3 Å². The molecule has 4 rings (SSSR count). The summed E-state index contributed by atoms with van der Waals surface area (Å²) in [5, 5.41) is 13.6. The van der Waals surface area contributed by atoms with Gasteiger partial charge in [-0.2, -0.15) is 0 Å². The molecule has 1 aliphatic rings. The Labute approximate surface area is 200 Å². The number of amides is 2. The zero-order chi connectivity index (χ0) is 24.5. The van der Waals surface area contributed by atoms with E-state index in [2.05, 4.69) is 43.1 Å². The van der Waals surface area contributed by atoms with Crippen molar-refractivity contribution in [1.29, 1.82) is 0 Å². The first kappa shape index (κ1) is 23.7. The van der Waals surface area contributed by atoms with Crippen LogP contribution < -0.4 is 5.32 Å². The third-order valence-corrected chi connectivity index (χ3v) is 6.41. The Hall–Kier alpha value is -3.45. The van der Waals surface area contributed by atoms with Crippen molar-refractivity contribution in [1.82, 2.24) is 14.8 Å². The Morgan fingerprint density at radius 1 is 1.09 bits per heavy atom. The summed E-state index contributed by atoms with van der Waals surface area (Å²) in [5.41, 5.74) is 4.55. The van der Waals surface area contributed by atoms with Gasteiger partial charge in [0.15, 0.2) is 0 Å². The fourth-order valence-electron chi connectivity index (χ4n) is 4.65. The molecule has 0 spiro atoms. The van der Waals surface area contributed by atoms with Gasteiger partial charge in [0.25, 0.3) is 0 Å². The van der Waals surface area contributed by atoms with Crippen LogP contribution in [0.4, 0.5) is 10.5 Å². The van der Waals surface area contributed by atoms with Gasteiger partial charge in [-0.25, -0.2) is 9.78 Å². The van der Waals surface area contributed by atoms with Gasteiger partial charge in [-0.15, -0.1) is 0 Å². The summed E-state index contributed by atoms with van der Waals surface area (Å²) in [6.07, 6.45) is -0.848. The maximum absolute atomic E-state index is 11.8. The molecule has 0 saturated carbocycles. The number of anilines is 1. The number of hydrogen-bond acceptors (Lipinski definition) is 4. The van der Waals surface area contributed by atoms with Gasteiger partial charge >= 0.3 is 6.09 Å². The average Bonchev–Trinajstić information content (AvgIpc) is 2.78. The topological polar surface area (TPSA) is 85.8 Å². The molecule has 2 N–H and O–H groups in total. The monoisotopic (exact) mass is 460 g/mol. The molecular formula is C27H32N4O3. The second kappa shape index (κ2) is 9.43. The van der Waals surface area contributed by atoms with Crippen molar-refractivity contribution in [2.45, 2.75) is 40.3 Å². The van der Waals surface area contributed by atoms with Crippen molar-refractivity contribution < 1.29 is 14.7 Å². The van der Waals surface area contributed by atoms with Crippen molar-refractivity contribution in [2.24, 2.45) is 5.41 Å². The minimum Gasteiger partial charge on any atom is -0.465 e. The number of carbonyl (C=O) groups is 2. The first-order valence-electron chi connectivity index (χ1n) is 11.6. The van der Waals surface area contributed by atoms with E-state index in [1.54, 1.807) is 4.90 Å². The SMILES string of the molecule is CC(=O)Nc1ccc(-c2cc(CN3CCN(C(=O)O)C(C(C)(C)C)C3)c3ccccc3n2)cc1. The number of fused-ring (bicyclic) bond motifs is 1. The molecule has 1 aromatic heterocycles. The van der Waals surface area contributed by atoms with Gasteiger partial charge in [0.1, 0.15) is 0 Å². The van der Waals surface area contributed by atoms with Gasteiger partial charge in [-0.3, -0.25) is 9.69 Å². The first-order chi connectivity index (χ1) is 16.1. The molecule has 2 aromatic carbocycles. The highest BCUT2D eigenvalue weighted by molar-refractivity contribution is 5.89. The van der Waals surface area contributed by atoms with Crippen molar-refractivity contribution in [3.63, 3.8) is 0 Å². The Balaban J connectivity index is 1.65. The second-order valence-electron chi connectivity index (χ2n) is 10.0. The van der Waals surface area contributed by atoms with Gasteiger partial charge in [-0.05, 0) is 35.2 Å². The maximum atomic E-state index is 11.8. The molecule has 0 radical (unpaired) electrons. The average molecular weight is 461 g/mol. The lowest BCUT2D eigenvalue weighted by molar-refractivity contribution is -0.114. The number of benzene rings is 2. The molecule has 1 fully saturated rings. The summed E-state index contributed by atoms with van der Waals surface area (Å²) in [4.78, 5) is 32.0. The van der Waals surface area contributed by atoms with Crippen molar-refractivity contribution in [2.75, 3.05) is 25.0 Å². The van der Waals surface area contributed by atoms with Crippen LogP contribution in [0.3, 0.4) is 0 Å². The van der Waals surface area contributed by atoms with Crippen LogP contribution in [0.5, 0.6) is 0 Å². The van der Waals surface area contributed by atoms with Crippen LogP contribution in [-0.4, -0.2) is 57.6 Å². The van der Waals surface area contributed by atoms with E-state index in [-0.39, 0.29) is 17.4 Å². The third-order valence-electron chi connectivity index (χ3n) is 6.41. The molecule has 2 amide bonds. The molecule has 1 saturated heterocycles. The van der Waals surface area contributed by atoms with E-state index in [0.29, 0.717) is 19.6 Å². The maximum Gasteiger partial charge on any atom is 0.407 e. The molecule has 1 aliphatic heterocycles. The summed E-state index contributed by atoms with van der Waals surface area (Å²) >= 11 is 0. The molecule has 0 bridgehead atoms. The van der Waals surface area contributed by atoms with Crippen molar-refractivity contribution in [3.05, 3.63) is 60.2 Å². The number of piperazine rings is 1. The van der Waals surface area contributed by atoms with Gasteiger partial charge < -0.3 is 15.3 Å². The minimum atomic E-state index is -0.848. The Morgan fingerprint density at radius 3 is 2.44 bits per heavy atom. The predicted octanol–water partition coefficient (Wildman–Crippen LogP) is 5.07. The second-order valence-corrected chi connectivity index (χ2v) is 10.0. The fourth-order valence-corrected chi connectivity index (χ4v) is 4.65. The quantitative estimate of drug-likeness (QED) is 0.568. The predicted molar refractivity (Wildman–Crippen MR) is 135 cm³/mol. The van der Waals surface area contributed by atoms with Crippen LogP contribution in [0.1, 0.15) is 33.3 Å². The Kier molecular flexibility index (Phi) is 6.57. The molecule has 3 aromatic rings. The van der Waals surface area contributed by atoms with Crippen LogP contribution >= 0.6 is 0 Å². The lowest BCUT2D eigenvalue weighted by Crippen LogP contribution is -2.59. The van der Waals surface area contributed by atoms with E-state index in [9.17, 15) is 14.7 Å². The van der Waals surface area contributed by atoms with Crippen LogP contribution in [-0.2, 0) is 11.3 Å². The van der Waals surface area contributed by atoms with E-state index in [0.717, 1.165) is 34.4 Å². The minimum absolute atomic E-state index is 0.0763. The molecule has 34 heavy (non-hydrogen) atoms. The van der Waals surface area contributed by atoms with Crippen LogP contribution in [0.15, 0.2) is 54.6 Å². The molecule has 2 heterocycles. The third kappa shape index (κ3) is 5.20. The lowest BCUT2D eigenvalue weighted by atomic mass is 9.84. The van der Waals surface area contributed by atoms with Crippen LogP contribution in [0.25, 0.3) is 22.2 Å². The number of aromatic nitrogens is 1. The Morgan fingerprint density at radius 2 is 1.79 bits per heavy atom. The van der Waals surface area contributed by atoms with E-state index in [1.807, 2.05) is 42.5 Å². The summed E-state index contributed by atoms with van der Waals surface area (Å²) < 4.78 is 0. The molecular weight excluding hydrogens is 428 g/mol. The van der Waals surface area contributed by atoms with Gasteiger partial charge in [0, 0.05) is 49.7 Å². The molecule has 0 aliphatic carbocycles. The Bertz CT molecular complexity index is 1200. The van der Waals surface area contributed by atoms with E-state index < -0.39 is 6.09 Å². The molecule has 7 nitrogen and oxygen atoms in total. The number of rotatable bonds is 4. The number of carbonyl (C=O) groups excluding carboxylic acids is 1. The highest BCUT2D eigenvalue weighted by Gasteiger charge is 2.38. The number of nitrogens with one attached hydrogen (secondary N) is 1. The smallest absolute Gasteiger partial charge is 0.407 e. The fraction of sp³-hybridized carbons (Fsp3) is 0.370. The van der Waals surface area contributed by atoms with Gasteiger partial charge in [0.2, 0.25) is 5.91 Å². The summed E-state index contributed by atoms with van der Waals surface area (Å²) in [6.45, 7) is 10.4. The standard InChI is InChI=1S/C27H32N4O3/c1-18(32)28-21-11-9-19(10-12-21)24-15-20(22-7-5-6-8-23(22)29-24)16-30-13-14-31(26(33)34)25(17-30)27(2,3)4/h5-12,15,25H,13-14,16-17H2,1-4H3,(H,28,32)(H,33,34). The van der Waals surface area contributed by atoms with Crippen molar-refractivity contribution >= 4 is 28.6 Å². The number of pyridine rings is 1. The van der Waals surface area contributed by atoms with Gasteiger partial charge in [0.05, 0.1) is 17.3 Å².